The van der Waals surface area contributed by atoms with Gasteiger partial charge in [0, 0.05) is 48.0 Å². The van der Waals surface area contributed by atoms with Crippen LogP contribution in [0, 0.1) is 0 Å². The first-order chi connectivity index (χ1) is 16.3. The van der Waals surface area contributed by atoms with Gasteiger partial charge in [-0.1, -0.05) is 54.6 Å². The molecule has 7 rings (SSSR count). The molecule has 0 atom stereocenters. The maximum absolute atomic E-state index is 3.59. The van der Waals surface area contributed by atoms with Gasteiger partial charge < -0.3 is 9.88 Å². The van der Waals surface area contributed by atoms with E-state index < -0.39 is 0 Å². The average molecular weight is 441 g/mol. The van der Waals surface area contributed by atoms with Gasteiger partial charge >= 0.3 is 0 Å². The van der Waals surface area contributed by atoms with Crippen molar-refractivity contribution in [2.24, 2.45) is 0 Å². The molecule has 156 valence electrons. The lowest BCUT2D eigenvalue weighted by molar-refractivity contribution is 1.18. The summed E-state index contributed by atoms with van der Waals surface area (Å²) in [5, 5.41) is 8.79. The number of nitrogens with zero attached hydrogens (tertiary/aromatic N) is 1. The predicted octanol–water partition coefficient (Wildman–Crippen LogP) is 8.90. The summed E-state index contributed by atoms with van der Waals surface area (Å²) >= 11 is 1.85. The molecule has 2 aromatic heterocycles. The van der Waals surface area contributed by atoms with Crippen LogP contribution in [-0.2, 0) is 0 Å². The molecule has 0 radical (unpaired) electrons. The van der Waals surface area contributed by atoms with Crippen LogP contribution in [0.4, 0.5) is 11.4 Å². The lowest BCUT2D eigenvalue weighted by atomic mass is 10.1. The van der Waals surface area contributed by atoms with Crippen molar-refractivity contribution < 1.29 is 0 Å². The van der Waals surface area contributed by atoms with Crippen LogP contribution in [0.5, 0.6) is 0 Å². The monoisotopic (exact) mass is 440 g/mol. The lowest BCUT2D eigenvalue weighted by Gasteiger charge is -2.11. The Balaban J connectivity index is 1.27. The van der Waals surface area contributed by atoms with Crippen molar-refractivity contribution >= 4 is 64.7 Å². The predicted molar refractivity (Wildman–Crippen MR) is 143 cm³/mol. The van der Waals surface area contributed by atoms with Crippen LogP contribution in [0.2, 0.25) is 0 Å². The molecule has 0 saturated heterocycles. The third-order valence-corrected chi connectivity index (χ3v) is 7.52. The fraction of sp³-hybridized carbons (Fsp3) is 0. The largest absolute Gasteiger partial charge is 0.356 e. The van der Waals surface area contributed by atoms with Crippen molar-refractivity contribution in [3.63, 3.8) is 0 Å². The van der Waals surface area contributed by atoms with E-state index >= 15 is 0 Å². The summed E-state index contributed by atoms with van der Waals surface area (Å²) in [5.74, 6) is 0. The van der Waals surface area contributed by atoms with Crippen LogP contribution in [0.15, 0.2) is 115 Å². The van der Waals surface area contributed by atoms with Gasteiger partial charge in [-0.2, -0.15) is 0 Å². The highest BCUT2D eigenvalue weighted by molar-refractivity contribution is 7.25. The van der Waals surface area contributed by atoms with E-state index in [-0.39, 0.29) is 0 Å². The molecular weight excluding hydrogens is 420 g/mol. The molecule has 3 heteroatoms. The Hall–Kier alpha value is -4.08. The number of fused-ring (bicyclic) bond motifs is 6. The standard InChI is InChI=1S/C30H20N2S/c1-4-10-27-23(7-1)24-8-2-5-11-28(24)32(27)22-16-13-20(14-17-22)31-21-15-18-30-26(19-21)25-9-3-6-12-29(25)33-30/h1-19,31H. The molecule has 0 fully saturated rings. The van der Waals surface area contributed by atoms with E-state index in [2.05, 4.69) is 125 Å². The van der Waals surface area contributed by atoms with E-state index in [0.29, 0.717) is 0 Å². The number of benzene rings is 5. The molecule has 0 amide bonds. The van der Waals surface area contributed by atoms with Crippen molar-refractivity contribution in [1.82, 2.24) is 4.57 Å². The summed E-state index contributed by atoms with van der Waals surface area (Å²) < 4.78 is 5.00. The van der Waals surface area contributed by atoms with E-state index in [1.165, 1.54) is 42.0 Å². The number of rotatable bonds is 3. The van der Waals surface area contributed by atoms with E-state index in [4.69, 9.17) is 0 Å². The Kier molecular flexibility index (Phi) is 4.05. The molecule has 2 heterocycles. The Labute approximate surface area is 195 Å². The highest BCUT2D eigenvalue weighted by atomic mass is 32.1. The first-order valence-electron chi connectivity index (χ1n) is 11.1. The van der Waals surface area contributed by atoms with Gasteiger partial charge in [0.2, 0.25) is 0 Å². The van der Waals surface area contributed by atoms with Gasteiger partial charge in [-0.3, -0.25) is 0 Å². The van der Waals surface area contributed by atoms with Crippen molar-refractivity contribution in [2.75, 3.05) is 5.32 Å². The number of hydrogen-bond acceptors (Lipinski definition) is 2. The van der Waals surface area contributed by atoms with E-state index in [0.717, 1.165) is 17.1 Å². The minimum Gasteiger partial charge on any atom is -0.356 e. The van der Waals surface area contributed by atoms with Crippen molar-refractivity contribution in [2.45, 2.75) is 0 Å². The molecule has 7 aromatic rings. The fourth-order valence-corrected chi connectivity index (χ4v) is 5.95. The molecular formula is C30H20N2S. The molecule has 1 N–H and O–H groups in total. The molecule has 2 nitrogen and oxygen atoms in total. The molecule has 0 unspecified atom stereocenters. The second-order valence-electron chi connectivity index (χ2n) is 8.35. The van der Waals surface area contributed by atoms with Gasteiger partial charge in [0.05, 0.1) is 11.0 Å². The van der Waals surface area contributed by atoms with Gasteiger partial charge in [0.15, 0.2) is 0 Å². The van der Waals surface area contributed by atoms with Crippen LogP contribution < -0.4 is 5.32 Å². The second kappa shape index (κ2) is 7.22. The Morgan fingerprint density at radius 1 is 0.485 bits per heavy atom. The number of anilines is 2. The smallest absolute Gasteiger partial charge is 0.0541 e. The second-order valence-corrected chi connectivity index (χ2v) is 9.43. The Morgan fingerprint density at radius 3 is 1.79 bits per heavy atom. The van der Waals surface area contributed by atoms with Crippen LogP contribution in [0.25, 0.3) is 47.7 Å². The summed E-state index contributed by atoms with van der Waals surface area (Å²) in [6.07, 6.45) is 0. The number of aromatic nitrogens is 1. The van der Waals surface area contributed by atoms with Crippen molar-refractivity contribution in [1.29, 1.82) is 0 Å². The number of nitrogens with one attached hydrogen (secondary N) is 1. The normalized spacial score (nSPS) is 11.6. The zero-order valence-electron chi connectivity index (χ0n) is 17.8. The summed E-state index contributed by atoms with van der Waals surface area (Å²) in [4.78, 5) is 0. The topological polar surface area (TPSA) is 17.0 Å². The maximum atomic E-state index is 3.59. The van der Waals surface area contributed by atoms with Gasteiger partial charge in [0.25, 0.3) is 0 Å². The SMILES string of the molecule is c1ccc2c(c1)sc1ccc(Nc3ccc(-n4c5ccccc5c5ccccc54)cc3)cc12. The first kappa shape index (κ1) is 18.5. The number of para-hydroxylation sites is 2. The van der Waals surface area contributed by atoms with Gasteiger partial charge in [0.1, 0.15) is 0 Å². The molecule has 0 aliphatic carbocycles. The summed E-state index contributed by atoms with van der Waals surface area (Å²) in [6.45, 7) is 0. The van der Waals surface area contributed by atoms with Crippen LogP contribution in [-0.4, -0.2) is 4.57 Å². The number of thiophene rings is 1. The third kappa shape index (κ3) is 2.94. The molecule has 0 bridgehead atoms. The van der Waals surface area contributed by atoms with Gasteiger partial charge in [-0.05, 0) is 60.7 Å². The van der Waals surface area contributed by atoms with Gasteiger partial charge in [-0.25, -0.2) is 0 Å². The maximum Gasteiger partial charge on any atom is 0.0541 e. The fourth-order valence-electron chi connectivity index (χ4n) is 4.87. The molecule has 0 aliphatic rings. The Bertz CT molecular complexity index is 1730. The van der Waals surface area contributed by atoms with Crippen LogP contribution in [0.1, 0.15) is 0 Å². The quantitative estimate of drug-likeness (QED) is 0.290. The van der Waals surface area contributed by atoms with Crippen LogP contribution in [0.3, 0.4) is 0 Å². The molecule has 0 aliphatic heterocycles. The molecule has 0 saturated carbocycles. The molecule has 5 aromatic carbocycles. The number of hydrogen-bond donors (Lipinski definition) is 1. The average Bonchev–Trinajstić information content (AvgIpc) is 3.40. The van der Waals surface area contributed by atoms with E-state index in [1.54, 1.807) is 0 Å². The van der Waals surface area contributed by atoms with E-state index in [1.807, 2.05) is 11.3 Å². The van der Waals surface area contributed by atoms with Crippen molar-refractivity contribution in [3.8, 4) is 5.69 Å². The zero-order chi connectivity index (χ0) is 21.8. The van der Waals surface area contributed by atoms with Gasteiger partial charge in [-0.15, -0.1) is 11.3 Å². The van der Waals surface area contributed by atoms with Crippen molar-refractivity contribution in [3.05, 3.63) is 115 Å². The molecule has 0 spiro atoms. The summed E-state index contributed by atoms with van der Waals surface area (Å²) in [7, 11) is 0. The summed E-state index contributed by atoms with van der Waals surface area (Å²) in [5.41, 5.74) is 5.81. The minimum atomic E-state index is 1.08. The third-order valence-electron chi connectivity index (χ3n) is 6.37. The highest BCUT2D eigenvalue weighted by Crippen LogP contribution is 2.36. The minimum absolute atomic E-state index is 1.08. The van der Waals surface area contributed by atoms with Crippen LogP contribution >= 0.6 is 11.3 Å². The summed E-state index contributed by atoms with van der Waals surface area (Å²) in [6, 6.07) is 41.2. The Morgan fingerprint density at radius 2 is 1.06 bits per heavy atom. The van der Waals surface area contributed by atoms with E-state index in [9.17, 15) is 0 Å². The molecule has 33 heavy (non-hydrogen) atoms. The lowest BCUT2D eigenvalue weighted by Crippen LogP contribution is -1.95. The highest BCUT2D eigenvalue weighted by Gasteiger charge is 2.11. The first-order valence-corrected chi connectivity index (χ1v) is 11.9. The zero-order valence-corrected chi connectivity index (χ0v) is 18.6.